The lowest BCUT2D eigenvalue weighted by Crippen LogP contribution is -2.01. The van der Waals surface area contributed by atoms with Crippen LogP contribution in [0.3, 0.4) is 0 Å². The van der Waals surface area contributed by atoms with Crippen LogP contribution in [0.25, 0.3) is 0 Å². The van der Waals surface area contributed by atoms with Crippen LogP contribution in [0.4, 0.5) is 0 Å². The molecule has 0 fully saturated rings. The van der Waals surface area contributed by atoms with Gasteiger partial charge in [-0.05, 0) is 11.5 Å². The zero-order valence-corrected chi connectivity index (χ0v) is 11.5. The van der Waals surface area contributed by atoms with Crippen LogP contribution in [0.2, 0.25) is 0 Å². The highest BCUT2D eigenvalue weighted by Crippen LogP contribution is 2.25. The van der Waals surface area contributed by atoms with Gasteiger partial charge >= 0.3 is 0 Å². The Hall–Kier alpha value is -1.26. The number of rotatable bonds is 5. The van der Waals surface area contributed by atoms with Gasteiger partial charge in [-0.3, -0.25) is 0 Å². The molecule has 0 aliphatic rings. The number of hydrogen-bond donors (Lipinski definition) is 1. The SMILES string of the molecule is CC(CSc1ncc(CO)n1C)c1ccccc1. The predicted octanol–water partition coefficient (Wildman–Crippen LogP) is 2.81. The van der Waals surface area contributed by atoms with E-state index in [0.29, 0.717) is 5.92 Å². The van der Waals surface area contributed by atoms with Crippen molar-refractivity contribution in [2.24, 2.45) is 7.05 Å². The van der Waals surface area contributed by atoms with Gasteiger partial charge in [0.25, 0.3) is 0 Å². The lowest BCUT2D eigenvalue weighted by molar-refractivity contribution is 0.271. The highest BCUT2D eigenvalue weighted by Gasteiger charge is 2.10. The molecule has 18 heavy (non-hydrogen) atoms. The van der Waals surface area contributed by atoms with Crippen molar-refractivity contribution >= 4 is 11.8 Å². The minimum Gasteiger partial charge on any atom is -0.390 e. The average Bonchev–Trinajstić information content (AvgIpc) is 2.77. The monoisotopic (exact) mass is 262 g/mol. The maximum atomic E-state index is 9.12. The maximum absolute atomic E-state index is 9.12. The molecule has 0 saturated carbocycles. The number of aliphatic hydroxyl groups is 1. The standard InChI is InChI=1S/C14H18N2OS/c1-11(12-6-4-3-5-7-12)10-18-14-15-8-13(9-17)16(14)2/h3-8,11,17H,9-10H2,1-2H3. The van der Waals surface area contributed by atoms with Gasteiger partial charge in [0.2, 0.25) is 0 Å². The van der Waals surface area contributed by atoms with Crippen molar-refractivity contribution in [1.29, 1.82) is 0 Å². The van der Waals surface area contributed by atoms with Crippen molar-refractivity contribution in [2.45, 2.75) is 24.6 Å². The van der Waals surface area contributed by atoms with E-state index in [0.717, 1.165) is 16.6 Å². The fourth-order valence-corrected chi connectivity index (χ4v) is 2.81. The van der Waals surface area contributed by atoms with Gasteiger partial charge in [0.05, 0.1) is 18.5 Å². The topological polar surface area (TPSA) is 38.1 Å². The largest absolute Gasteiger partial charge is 0.390 e. The molecule has 1 aromatic carbocycles. The first kappa shape index (κ1) is 13.2. The van der Waals surface area contributed by atoms with Gasteiger partial charge < -0.3 is 9.67 Å². The maximum Gasteiger partial charge on any atom is 0.167 e. The molecule has 96 valence electrons. The molecule has 0 amide bonds. The van der Waals surface area contributed by atoms with Crippen LogP contribution in [-0.4, -0.2) is 20.4 Å². The van der Waals surface area contributed by atoms with Crippen LogP contribution in [0.1, 0.15) is 24.1 Å². The number of aliphatic hydroxyl groups excluding tert-OH is 1. The fraction of sp³-hybridized carbons (Fsp3) is 0.357. The number of benzene rings is 1. The van der Waals surface area contributed by atoms with E-state index in [2.05, 4.69) is 36.2 Å². The summed E-state index contributed by atoms with van der Waals surface area (Å²) >= 11 is 1.73. The second kappa shape index (κ2) is 6.07. The van der Waals surface area contributed by atoms with E-state index in [4.69, 9.17) is 5.11 Å². The lowest BCUT2D eigenvalue weighted by atomic mass is 10.0. The smallest absolute Gasteiger partial charge is 0.167 e. The molecule has 3 nitrogen and oxygen atoms in total. The normalized spacial score (nSPS) is 12.6. The zero-order valence-electron chi connectivity index (χ0n) is 10.7. The van der Waals surface area contributed by atoms with Crippen molar-refractivity contribution < 1.29 is 5.11 Å². The molecule has 1 unspecified atom stereocenters. The Bertz CT molecular complexity index is 496. The fourth-order valence-electron chi connectivity index (χ4n) is 1.78. The Morgan fingerprint density at radius 2 is 2.06 bits per heavy atom. The molecule has 0 aliphatic heterocycles. The average molecular weight is 262 g/mol. The first-order valence-electron chi connectivity index (χ1n) is 6.01. The molecule has 0 bridgehead atoms. The van der Waals surface area contributed by atoms with Gasteiger partial charge in [-0.25, -0.2) is 4.98 Å². The van der Waals surface area contributed by atoms with Crippen LogP contribution >= 0.6 is 11.8 Å². The predicted molar refractivity (Wildman–Crippen MR) is 74.7 cm³/mol. The number of thioether (sulfide) groups is 1. The summed E-state index contributed by atoms with van der Waals surface area (Å²) in [6, 6.07) is 10.5. The summed E-state index contributed by atoms with van der Waals surface area (Å²) in [5.41, 5.74) is 2.20. The van der Waals surface area contributed by atoms with Gasteiger partial charge in [0.15, 0.2) is 5.16 Å². The van der Waals surface area contributed by atoms with Gasteiger partial charge in [-0.2, -0.15) is 0 Å². The molecule has 1 heterocycles. The quantitative estimate of drug-likeness (QED) is 0.842. The first-order chi connectivity index (χ1) is 8.72. The molecule has 1 aromatic heterocycles. The molecule has 0 aliphatic carbocycles. The Labute approximate surface area is 112 Å². The zero-order chi connectivity index (χ0) is 13.0. The third-order valence-corrected chi connectivity index (χ3v) is 4.34. The van der Waals surface area contributed by atoms with E-state index in [-0.39, 0.29) is 6.61 Å². The van der Waals surface area contributed by atoms with E-state index in [9.17, 15) is 0 Å². The minimum atomic E-state index is 0.0400. The summed E-state index contributed by atoms with van der Waals surface area (Å²) in [4.78, 5) is 4.32. The van der Waals surface area contributed by atoms with Crippen LogP contribution in [0.15, 0.2) is 41.7 Å². The highest BCUT2D eigenvalue weighted by molar-refractivity contribution is 7.99. The van der Waals surface area contributed by atoms with Gasteiger partial charge in [0, 0.05) is 12.8 Å². The number of hydrogen-bond acceptors (Lipinski definition) is 3. The summed E-state index contributed by atoms with van der Waals surface area (Å²) < 4.78 is 1.95. The summed E-state index contributed by atoms with van der Waals surface area (Å²) in [7, 11) is 1.94. The Morgan fingerprint density at radius 1 is 1.33 bits per heavy atom. The summed E-state index contributed by atoms with van der Waals surface area (Å²) in [6.45, 7) is 2.26. The van der Waals surface area contributed by atoms with E-state index in [1.54, 1.807) is 18.0 Å². The molecular formula is C14H18N2OS. The third kappa shape index (κ3) is 2.94. The first-order valence-corrected chi connectivity index (χ1v) is 7.00. The third-order valence-electron chi connectivity index (χ3n) is 3.03. The second-order valence-corrected chi connectivity index (χ2v) is 5.36. The molecule has 1 N–H and O–H groups in total. The van der Waals surface area contributed by atoms with Gasteiger partial charge in [-0.15, -0.1) is 0 Å². The Balaban J connectivity index is 1.97. The van der Waals surface area contributed by atoms with Crippen molar-refractivity contribution in [3.63, 3.8) is 0 Å². The van der Waals surface area contributed by atoms with E-state index in [1.807, 2.05) is 17.7 Å². The molecule has 0 saturated heterocycles. The van der Waals surface area contributed by atoms with Gasteiger partial charge in [0.1, 0.15) is 0 Å². The molecule has 2 rings (SSSR count). The number of aromatic nitrogens is 2. The Kier molecular flexibility index (Phi) is 4.44. The molecular weight excluding hydrogens is 244 g/mol. The molecule has 4 heteroatoms. The molecule has 2 aromatic rings. The number of nitrogens with zero attached hydrogens (tertiary/aromatic N) is 2. The van der Waals surface area contributed by atoms with Crippen molar-refractivity contribution in [3.8, 4) is 0 Å². The molecule has 0 spiro atoms. The molecule has 0 radical (unpaired) electrons. The van der Waals surface area contributed by atoms with Gasteiger partial charge in [-0.1, -0.05) is 49.0 Å². The van der Waals surface area contributed by atoms with Crippen molar-refractivity contribution in [1.82, 2.24) is 9.55 Å². The van der Waals surface area contributed by atoms with Crippen LogP contribution in [-0.2, 0) is 13.7 Å². The van der Waals surface area contributed by atoms with E-state index in [1.165, 1.54) is 5.56 Å². The Morgan fingerprint density at radius 3 is 2.67 bits per heavy atom. The summed E-state index contributed by atoms with van der Waals surface area (Å²) in [5.74, 6) is 1.48. The summed E-state index contributed by atoms with van der Waals surface area (Å²) in [5, 5.41) is 10.1. The van der Waals surface area contributed by atoms with Crippen molar-refractivity contribution in [2.75, 3.05) is 5.75 Å². The highest BCUT2D eigenvalue weighted by atomic mass is 32.2. The van der Waals surface area contributed by atoms with Crippen LogP contribution in [0.5, 0.6) is 0 Å². The van der Waals surface area contributed by atoms with E-state index < -0.39 is 0 Å². The summed E-state index contributed by atoms with van der Waals surface area (Å²) in [6.07, 6.45) is 1.73. The lowest BCUT2D eigenvalue weighted by Gasteiger charge is -2.11. The second-order valence-electron chi connectivity index (χ2n) is 4.37. The van der Waals surface area contributed by atoms with Crippen LogP contribution < -0.4 is 0 Å². The van der Waals surface area contributed by atoms with E-state index >= 15 is 0 Å². The van der Waals surface area contributed by atoms with Crippen molar-refractivity contribution in [3.05, 3.63) is 47.8 Å². The van der Waals surface area contributed by atoms with Crippen LogP contribution in [0, 0.1) is 0 Å². The number of imidazole rings is 1. The minimum absolute atomic E-state index is 0.0400. The molecule has 1 atom stereocenters.